The summed E-state index contributed by atoms with van der Waals surface area (Å²) in [5.41, 5.74) is 2.61. The number of para-hydroxylation sites is 1. The van der Waals surface area contributed by atoms with Crippen molar-refractivity contribution in [2.75, 3.05) is 33.3 Å². The molecule has 2 amide bonds. The number of nitrogens with zero attached hydrogens (tertiary/aromatic N) is 4. The lowest BCUT2D eigenvalue weighted by Crippen LogP contribution is -2.50. The standard InChI is InChI=1S/C26H26N4O3/c1-33-22-10-7-20(8-11-22)26(32)29-17-15-28(16-18-29)25(31)12-9-21-19-30(14-4-13-27)24-6-3-2-5-23(21)24/h2-3,5-12,19H,4,14-18H2,1H3/b12-9+. The summed E-state index contributed by atoms with van der Waals surface area (Å²) in [6.45, 7) is 2.60. The SMILES string of the molecule is COc1ccc(C(=O)N2CCN(C(=O)/C=C/c3cn(CCC#N)c4ccccc34)CC2)cc1. The van der Waals surface area contributed by atoms with Crippen molar-refractivity contribution in [2.45, 2.75) is 13.0 Å². The Morgan fingerprint density at radius 1 is 1.03 bits per heavy atom. The topological polar surface area (TPSA) is 78.6 Å². The summed E-state index contributed by atoms with van der Waals surface area (Å²) in [6.07, 6.45) is 5.84. The first kappa shape index (κ1) is 22.2. The normalized spacial score (nSPS) is 13.9. The number of piperazine rings is 1. The van der Waals surface area contributed by atoms with E-state index in [1.54, 1.807) is 47.3 Å². The molecule has 0 atom stereocenters. The first-order chi connectivity index (χ1) is 16.1. The van der Waals surface area contributed by atoms with Crippen molar-refractivity contribution >= 4 is 28.8 Å². The van der Waals surface area contributed by atoms with Crippen molar-refractivity contribution in [1.29, 1.82) is 5.26 Å². The number of nitriles is 1. The minimum Gasteiger partial charge on any atom is -0.497 e. The Morgan fingerprint density at radius 3 is 2.42 bits per heavy atom. The van der Waals surface area contributed by atoms with Crippen LogP contribution in [0.1, 0.15) is 22.3 Å². The van der Waals surface area contributed by atoms with Gasteiger partial charge in [-0.2, -0.15) is 5.26 Å². The van der Waals surface area contributed by atoms with E-state index < -0.39 is 0 Å². The molecular weight excluding hydrogens is 416 g/mol. The van der Waals surface area contributed by atoms with Crippen LogP contribution in [0.25, 0.3) is 17.0 Å². The maximum atomic E-state index is 12.8. The highest BCUT2D eigenvalue weighted by Gasteiger charge is 2.24. The van der Waals surface area contributed by atoms with Gasteiger partial charge in [-0.1, -0.05) is 18.2 Å². The molecule has 0 spiro atoms. The second-order valence-electron chi connectivity index (χ2n) is 7.88. The zero-order chi connectivity index (χ0) is 23.2. The van der Waals surface area contributed by atoms with Gasteiger partial charge in [0.15, 0.2) is 0 Å². The average molecular weight is 443 g/mol. The maximum absolute atomic E-state index is 12.8. The van der Waals surface area contributed by atoms with E-state index in [2.05, 4.69) is 6.07 Å². The third-order valence-electron chi connectivity index (χ3n) is 5.90. The van der Waals surface area contributed by atoms with Gasteiger partial charge in [0.2, 0.25) is 5.91 Å². The van der Waals surface area contributed by atoms with E-state index >= 15 is 0 Å². The smallest absolute Gasteiger partial charge is 0.253 e. The number of hydrogen-bond acceptors (Lipinski definition) is 4. The van der Waals surface area contributed by atoms with E-state index in [4.69, 9.17) is 10.00 Å². The van der Waals surface area contributed by atoms with E-state index in [0.29, 0.717) is 50.5 Å². The predicted molar refractivity (Wildman–Crippen MR) is 127 cm³/mol. The van der Waals surface area contributed by atoms with E-state index in [1.165, 1.54) is 0 Å². The number of methoxy groups -OCH3 is 1. The minimum atomic E-state index is -0.0691. The molecule has 33 heavy (non-hydrogen) atoms. The molecule has 0 saturated carbocycles. The monoisotopic (exact) mass is 442 g/mol. The highest BCUT2D eigenvalue weighted by Crippen LogP contribution is 2.23. The molecule has 2 heterocycles. The highest BCUT2D eigenvalue weighted by molar-refractivity contribution is 5.97. The van der Waals surface area contributed by atoms with Crippen LogP contribution in [-0.4, -0.2) is 59.5 Å². The number of amides is 2. The Labute approximate surface area is 193 Å². The number of hydrogen-bond donors (Lipinski definition) is 0. The summed E-state index contributed by atoms with van der Waals surface area (Å²) in [7, 11) is 1.59. The second-order valence-corrected chi connectivity index (χ2v) is 7.88. The molecule has 0 unspecified atom stereocenters. The van der Waals surface area contributed by atoms with Gasteiger partial charge in [-0.25, -0.2) is 0 Å². The highest BCUT2D eigenvalue weighted by atomic mass is 16.5. The lowest BCUT2D eigenvalue weighted by Gasteiger charge is -2.34. The molecule has 1 aromatic heterocycles. The molecule has 168 valence electrons. The third-order valence-corrected chi connectivity index (χ3v) is 5.90. The van der Waals surface area contributed by atoms with Crippen LogP contribution in [0.15, 0.2) is 60.8 Å². The maximum Gasteiger partial charge on any atom is 0.253 e. The van der Waals surface area contributed by atoms with Gasteiger partial charge in [-0.3, -0.25) is 9.59 Å². The number of benzene rings is 2. The lowest BCUT2D eigenvalue weighted by atomic mass is 10.1. The first-order valence-corrected chi connectivity index (χ1v) is 11.0. The Kier molecular flexibility index (Phi) is 6.75. The summed E-state index contributed by atoms with van der Waals surface area (Å²) < 4.78 is 7.19. The molecule has 0 aliphatic carbocycles. The third kappa shape index (κ3) is 4.90. The summed E-state index contributed by atoms with van der Waals surface area (Å²) >= 11 is 0. The summed E-state index contributed by atoms with van der Waals surface area (Å²) in [5.74, 6) is 0.604. The molecule has 7 heteroatoms. The molecule has 7 nitrogen and oxygen atoms in total. The molecule has 0 bridgehead atoms. The number of carbonyl (C=O) groups excluding carboxylic acids is 2. The summed E-state index contributed by atoms with van der Waals surface area (Å²) in [4.78, 5) is 29.1. The zero-order valence-electron chi connectivity index (χ0n) is 18.6. The Hall–Kier alpha value is -4.05. The van der Waals surface area contributed by atoms with Crippen LogP contribution in [0.2, 0.25) is 0 Å². The minimum absolute atomic E-state index is 0.0366. The molecule has 1 aliphatic rings. The van der Waals surface area contributed by atoms with Gasteiger partial charge >= 0.3 is 0 Å². The van der Waals surface area contributed by atoms with Gasteiger partial charge < -0.3 is 19.1 Å². The largest absolute Gasteiger partial charge is 0.497 e. The summed E-state index contributed by atoms with van der Waals surface area (Å²) in [6, 6.07) is 17.2. The van der Waals surface area contributed by atoms with E-state index in [0.717, 1.165) is 16.5 Å². The number of fused-ring (bicyclic) bond motifs is 1. The predicted octanol–water partition coefficient (Wildman–Crippen LogP) is 3.56. The van der Waals surface area contributed by atoms with Gasteiger partial charge in [0.25, 0.3) is 5.91 Å². The van der Waals surface area contributed by atoms with Crippen molar-refractivity contribution in [3.05, 3.63) is 71.9 Å². The number of aromatic nitrogens is 1. The van der Waals surface area contributed by atoms with E-state index in [9.17, 15) is 9.59 Å². The number of carbonyl (C=O) groups is 2. The average Bonchev–Trinajstić information content (AvgIpc) is 3.23. The van der Waals surface area contributed by atoms with Gasteiger partial charge in [-0.15, -0.1) is 0 Å². The van der Waals surface area contributed by atoms with Gasteiger partial charge in [-0.05, 0) is 36.4 Å². The molecule has 0 N–H and O–H groups in total. The molecule has 3 aromatic rings. The van der Waals surface area contributed by atoms with E-state index in [1.807, 2.05) is 41.1 Å². The number of ether oxygens (including phenoxy) is 1. The fourth-order valence-electron chi connectivity index (χ4n) is 4.08. The second kappa shape index (κ2) is 10.0. The fraction of sp³-hybridized carbons (Fsp3) is 0.269. The number of aryl methyl sites for hydroxylation is 1. The molecule has 0 radical (unpaired) electrons. The Morgan fingerprint density at radius 2 is 1.73 bits per heavy atom. The van der Waals surface area contributed by atoms with Crippen LogP contribution in [0.5, 0.6) is 5.75 Å². The van der Waals surface area contributed by atoms with Crippen LogP contribution in [0.4, 0.5) is 0 Å². The van der Waals surface area contributed by atoms with Crippen molar-refractivity contribution in [2.24, 2.45) is 0 Å². The van der Waals surface area contributed by atoms with Crippen molar-refractivity contribution in [1.82, 2.24) is 14.4 Å². The van der Waals surface area contributed by atoms with Crippen molar-refractivity contribution in [3.8, 4) is 11.8 Å². The lowest BCUT2D eigenvalue weighted by molar-refractivity contribution is -0.127. The van der Waals surface area contributed by atoms with Crippen LogP contribution < -0.4 is 4.74 Å². The fourth-order valence-corrected chi connectivity index (χ4v) is 4.08. The molecule has 1 fully saturated rings. The van der Waals surface area contributed by atoms with Crippen LogP contribution in [0.3, 0.4) is 0 Å². The molecular formula is C26H26N4O3. The van der Waals surface area contributed by atoms with E-state index in [-0.39, 0.29) is 11.8 Å². The van der Waals surface area contributed by atoms with Gasteiger partial charge in [0, 0.05) is 67.0 Å². The molecule has 4 rings (SSSR count). The van der Waals surface area contributed by atoms with Crippen LogP contribution >= 0.6 is 0 Å². The Balaban J connectivity index is 1.38. The molecule has 1 saturated heterocycles. The number of rotatable bonds is 6. The quantitative estimate of drug-likeness (QED) is 0.547. The van der Waals surface area contributed by atoms with Crippen molar-refractivity contribution in [3.63, 3.8) is 0 Å². The molecule has 1 aliphatic heterocycles. The van der Waals surface area contributed by atoms with Gasteiger partial charge in [0.1, 0.15) is 5.75 Å². The zero-order valence-corrected chi connectivity index (χ0v) is 18.6. The first-order valence-electron chi connectivity index (χ1n) is 11.0. The Bertz CT molecular complexity index is 1210. The molecule has 2 aromatic carbocycles. The van der Waals surface area contributed by atoms with Crippen LogP contribution in [-0.2, 0) is 11.3 Å². The van der Waals surface area contributed by atoms with Crippen LogP contribution in [0, 0.1) is 11.3 Å². The summed E-state index contributed by atoms with van der Waals surface area (Å²) in [5, 5.41) is 9.96. The van der Waals surface area contributed by atoms with Gasteiger partial charge in [0.05, 0.1) is 19.6 Å². The van der Waals surface area contributed by atoms with Crippen molar-refractivity contribution < 1.29 is 14.3 Å².